The lowest BCUT2D eigenvalue weighted by atomic mass is 10.3. The van der Waals surface area contributed by atoms with E-state index in [1.54, 1.807) is 0 Å². The minimum Gasteiger partial charge on any atom is -0.490 e. The number of hydrogen-bond donors (Lipinski definition) is 1. The largest absolute Gasteiger partial charge is 0.490 e. The van der Waals surface area contributed by atoms with Crippen LogP contribution in [0.5, 0.6) is 5.75 Å². The number of halogens is 2. The van der Waals surface area contributed by atoms with Crippen molar-refractivity contribution in [3.63, 3.8) is 0 Å². The minimum atomic E-state index is -0.492. The minimum absolute atomic E-state index is 0.289. The fraction of sp³-hybridized carbons (Fsp3) is 0.538. The maximum Gasteiger partial charge on any atom is 0.133 e. The van der Waals surface area contributed by atoms with Crippen molar-refractivity contribution in [2.75, 3.05) is 39.5 Å². The first-order valence-electron chi connectivity index (χ1n) is 6.21. The molecule has 0 aromatic heterocycles. The third-order valence-electron chi connectivity index (χ3n) is 2.90. The second kappa shape index (κ2) is 7.59. The SMILES string of the molecule is O[C@H](COc1ccc(Br)cc1Br)CN1CCOCC1. The lowest BCUT2D eigenvalue weighted by Crippen LogP contribution is -2.42. The molecule has 1 aliphatic rings. The number of rotatable bonds is 5. The highest BCUT2D eigenvalue weighted by Crippen LogP contribution is 2.28. The summed E-state index contributed by atoms with van der Waals surface area (Å²) in [5, 5.41) is 9.98. The summed E-state index contributed by atoms with van der Waals surface area (Å²) in [5.41, 5.74) is 0. The molecule has 1 N–H and O–H groups in total. The number of ether oxygens (including phenoxy) is 2. The third kappa shape index (κ3) is 5.04. The number of aliphatic hydroxyl groups excluding tert-OH is 1. The predicted molar refractivity (Wildman–Crippen MR) is 80.6 cm³/mol. The monoisotopic (exact) mass is 393 g/mol. The normalized spacial score (nSPS) is 18.3. The van der Waals surface area contributed by atoms with E-state index in [0.717, 1.165) is 41.0 Å². The average Bonchev–Trinajstić information content (AvgIpc) is 2.39. The fourth-order valence-electron chi connectivity index (χ4n) is 1.91. The Morgan fingerprint density at radius 1 is 1.32 bits per heavy atom. The maximum atomic E-state index is 9.98. The number of nitrogens with zero attached hydrogens (tertiary/aromatic N) is 1. The van der Waals surface area contributed by atoms with E-state index in [1.807, 2.05) is 18.2 Å². The Hall–Kier alpha value is -0.140. The Morgan fingerprint density at radius 2 is 2.05 bits per heavy atom. The van der Waals surface area contributed by atoms with E-state index >= 15 is 0 Å². The topological polar surface area (TPSA) is 41.9 Å². The van der Waals surface area contributed by atoms with Crippen molar-refractivity contribution in [1.82, 2.24) is 4.90 Å². The van der Waals surface area contributed by atoms with E-state index in [9.17, 15) is 5.11 Å². The molecule has 1 aromatic rings. The van der Waals surface area contributed by atoms with Crippen LogP contribution in [0.25, 0.3) is 0 Å². The number of morpholine rings is 1. The van der Waals surface area contributed by atoms with Crippen LogP contribution in [0.2, 0.25) is 0 Å². The van der Waals surface area contributed by atoms with Gasteiger partial charge in [-0.2, -0.15) is 0 Å². The summed E-state index contributed by atoms with van der Waals surface area (Å²) in [6, 6.07) is 5.70. The molecule has 1 aromatic carbocycles. The number of benzene rings is 1. The first-order chi connectivity index (χ1) is 9.15. The van der Waals surface area contributed by atoms with Crippen molar-refractivity contribution in [3.05, 3.63) is 27.1 Å². The molecule has 1 heterocycles. The van der Waals surface area contributed by atoms with Gasteiger partial charge in [-0.15, -0.1) is 0 Å². The van der Waals surface area contributed by atoms with Gasteiger partial charge in [0.2, 0.25) is 0 Å². The summed E-state index contributed by atoms with van der Waals surface area (Å²) >= 11 is 6.82. The molecular formula is C13H17Br2NO3. The van der Waals surface area contributed by atoms with Crippen LogP contribution in [-0.2, 0) is 4.74 Å². The molecule has 0 amide bonds. The van der Waals surface area contributed by atoms with Gasteiger partial charge in [0.15, 0.2) is 0 Å². The summed E-state index contributed by atoms with van der Waals surface area (Å²) in [6.07, 6.45) is -0.492. The van der Waals surface area contributed by atoms with Gasteiger partial charge in [0.05, 0.1) is 17.7 Å². The molecule has 4 nitrogen and oxygen atoms in total. The summed E-state index contributed by atoms with van der Waals surface area (Å²) in [7, 11) is 0. The van der Waals surface area contributed by atoms with Crippen molar-refractivity contribution in [2.45, 2.75) is 6.10 Å². The van der Waals surface area contributed by atoms with Crippen molar-refractivity contribution >= 4 is 31.9 Å². The van der Waals surface area contributed by atoms with Crippen LogP contribution in [0.15, 0.2) is 27.1 Å². The second-order valence-corrected chi connectivity index (χ2v) is 6.22. The molecule has 0 aliphatic carbocycles. The molecule has 19 heavy (non-hydrogen) atoms. The average molecular weight is 395 g/mol. The standard InChI is InChI=1S/C13H17Br2NO3/c14-10-1-2-13(12(15)7-10)19-9-11(17)8-16-3-5-18-6-4-16/h1-2,7,11,17H,3-6,8-9H2/t11-/m0/s1. The first kappa shape index (κ1) is 15.3. The zero-order valence-corrected chi connectivity index (χ0v) is 13.7. The van der Waals surface area contributed by atoms with Gasteiger partial charge in [-0.1, -0.05) is 15.9 Å². The molecule has 0 saturated carbocycles. The molecule has 1 aliphatic heterocycles. The van der Waals surface area contributed by atoms with E-state index in [1.165, 1.54) is 0 Å². The Morgan fingerprint density at radius 3 is 2.74 bits per heavy atom. The highest BCUT2D eigenvalue weighted by molar-refractivity contribution is 9.11. The van der Waals surface area contributed by atoms with Gasteiger partial charge in [-0.05, 0) is 34.1 Å². The van der Waals surface area contributed by atoms with E-state index < -0.39 is 6.10 Å². The molecule has 0 bridgehead atoms. The van der Waals surface area contributed by atoms with Gasteiger partial charge in [-0.3, -0.25) is 4.90 Å². The van der Waals surface area contributed by atoms with Gasteiger partial charge in [0, 0.05) is 24.1 Å². The molecule has 0 spiro atoms. The number of hydrogen-bond acceptors (Lipinski definition) is 4. The van der Waals surface area contributed by atoms with Crippen molar-refractivity contribution in [2.24, 2.45) is 0 Å². The van der Waals surface area contributed by atoms with E-state index in [-0.39, 0.29) is 6.61 Å². The highest BCUT2D eigenvalue weighted by atomic mass is 79.9. The van der Waals surface area contributed by atoms with Crippen LogP contribution >= 0.6 is 31.9 Å². The molecule has 1 fully saturated rings. The smallest absolute Gasteiger partial charge is 0.133 e. The number of β-amino-alcohol motifs (C(OH)–C–C–N with tert-alkyl or cyclic N) is 1. The number of aliphatic hydroxyl groups is 1. The van der Waals surface area contributed by atoms with Gasteiger partial charge in [0.1, 0.15) is 18.5 Å². The Labute approximate surface area is 129 Å². The third-order valence-corrected chi connectivity index (χ3v) is 4.01. The van der Waals surface area contributed by atoms with E-state index in [4.69, 9.17) is 9.47 Å². The van der Waals surface area contributed by atoms with Gasteiger partial charge < -0.3 is 14.6 Å². The summed E-state index contributed by atoms with van der Waals surface area (Å²) < 4.78 is 12.8. The molecule has 106 valence electrons. The first-order valence-corrected chi connectivity index (χ1v) is 7.80. The lowest BCUT2D eigenvalue weighted by molar-refractivity contribution is 0.00459. The lowest BCUT2D eigenvalue weighted by Gasteiger charge is -2.28. The fourth-order valence-corrected chi connectivity index (χ4v) is 3.07. The van der Waals surface area contributed by atoms with E-state index in [0.29, 0.717) is 6.54 Å². The van der Waals surface area contributed by atoms with Crippen molar-refractivity contribution in [1.29, 1.82) is 0 Å². The Balaban J connectivity index is 1.77. The van der Waals surface area contributed by atoms with E-state index in [2.05, 4.69) is 36.8 Å². The van der Waals surface area contributed by atoms with Crippen LogP contribution in [0.4, 0.5) is 0 Å². The van der Waals surface area contributed by atoms with Crippen molar-refractivity contribution in [3.8, 4) is 5.75 Å². The molecular weight excluding hydrogens is 378 g/mol. The summed E-state index contributed by atoms with van der Waals surface area (Å²) in [4.78, 5) is 2.19. The van der Waals surface area contributed by atoms with Crippen LogP contribution in [0, 0.1) is 0 Å². The van der Waals surface area contributed by atoms with Gasteiger partial charge in [-0.25, -0.2) is 0 Å². The van der Waals surface area contributed by atoms with Crippen molar-refractivity contribution < 1.29 is 14.6 Å². The zero-order valence-electron chi connectivity index (χ0n) is 10.5. The molecule has 6 heteroatoms. The predicted octanol–water partition coefficient (Wildman–Crippen LogP) is 2.28. The summed E-state index contributed by atoms with van der Waals surface area (Å²) in [5.74, 6) is 0.740. The Kier molecular flexibility index (Phi) is 6.09. The van der Waals surface area contributed by atoms with Gasteiger partial charge >= 0.3 is 0 Å². The molecule has 0 unspecified atom stereocenters. The zero-order chi connectivity index (χ0) is 13.7. The Bertz CT molecular complexity index is 411. The van der Waals surface area contributed by atoms with Gasteiger partial charge in [0.25, 0.3) is 0 Å². The maximum absolute atomic E-state index is 9.98. The molecule has 0 radical (unpaired) electrons. The second-order valence-electron chi connectivity index (χ2n) is 4.45. The summed E-state index contributed by atoms with van der Waals surface area (Å²) in [6.45, 7) is 4.14. The molecule has 1 saturated heterocycles. The van der Waals surface area contributed by atoms with Crippen LogP contribution < -0.4 is 4.74 Å². The van der Waals surface area contributed by atoms with Crippen LogP contribution in [0.1, 0.15) is 0 Å². The molecule has 1 atom stereocenters. The van der Waals surface area contributed by atoms with Crippen LogP contribution in [0.3, 0.4) is 0 Å². The van der Waals surface area contributed by atoms with Crippen LogP contribution in [-0.4, -0.2) is 55.6 Å². The highest BCUT2D eigenvalue weighted by Gasteiger charge is 2.15. The quantitative estimate of drug-likeness (QED) is 0.831. The molecule has 2 rings (SSSR count).